The molecule has 0 bridgehead atoms. The number of nitrogens with one attached hydrogen (secondary N) is 1. The Bertz CT molecular complexity index is 690. The van der Waals surface area contributed by atoms with E-state index in [9.17, 15) is 8.42 Å². The maximum absolute atomic E-state index is 12.2. The second-order valence-corrected chi connectivity index (χ2v) is 8.71. The molecule has 2 aromatic rings. The first-order valence-electron chi connectivity index (χ1n) is 5.68. The maximum Gasteiger partial charge on any atom is 0.187 e. The summed E-state index contributed by atoms with van der Waals surface area (Å²) in [5.41, 5.74) is 6.34. The second-order valence-electron chi connectivity index (χ2n) is 5.24. The Morgan fingerprint density at radius 3 is 2.50 bits per heavy atom. The molecule has 0 saturated heterocycles. The van der Waals surface area contributed by atoms with Crippen LogP contribution in [0.5, 0.6) is 0 Å². The van der Waals surface area contributed by atoms with Crippen LogP contribution in [0.1, 0.15) is 33.3 Å². The molecule has 0 aliphatic carbocycles. The van der Waals surface area contributed by atoms with Gasteiger partial charge in [-0.1, -0.05) is 27.7 Å². The Morgan fingerprint density at radius 1 is 1.39 bits per heavy atom. The van der Waals surface area contributed by atoms with Crippen molar-refractivity contribution in [3.63, 3.8) is 0 Å². The molecule has 100 valence electrons. The quantitative estimate of drug-likeness (QED) is 0.887. The number of nitrogens with two attached hydrogens (primary N) is 1. The summed E-state index contributed by atoms with van der Waals surface area (Å²) in [6.07, 6.45) is 0. The summed E-state index contributed by atoms with van der Waals surface area (Å²) in [5, 5.41) is 7.52. The Kier molecular flexibility index (Phi) is 2.94. The van der Waals surface area contributed by atoms with Crippen molar-refractivity contribution in [3.05, 3.63) is 5.56 Å². The largest absolute Gasteiger partial charge is 0.384 e. The van der Waals surface area contributed by atoms with Crippen molar-refractivity contribution in [2.75, 3.05) is 11.5 Å². The van der Waals surface area contributed by atoms with Gasteiger partial charge in [-0.25, -0.2) is 8.42 Å². The van der Waals surface area contributed by atoms with E-state index in [2.05, 4.69) is 10.2 Å². The van der Waals surface area contributed by atoms with Crippen LogP contribution in [0.15, 0.2) is 4.21 Å². The predicted octanol–water partition coefficient (Wildman–Crippen LogP) is 2.30. The highest BCUT2D eigenvalue weighted by atomic mass is 32.2. The number of fused-ring (bicyclic) bond motifs is 1. The molecule has 0 amide bonds. The number of nitrogen functional groups attached to an aromatic ring is 1. The van der Waals surface area contributed by atoms with E-state index in [-0.39, 0.29) is 11.2 Å². The van der Waals surface area contributed by atoms with Crippen LogP contribution in [0.25, 0.3) is 10.2 Å². The minimum absolute atomic E-state index is 0.0861. The third-order valence-electron chi connectivity index (χ3n) is 2.82. The van der Waals surface area contributed by atoms with Gasteiger partial charge in [-0.3, -0.25) is 5.10 Å². The van der Waals surface area contributed by atoms with E-state index in [0.29, 0.717) is 14.9 Å². The van der Waals surface area contributed by atoms with Crippen LogP contribution in [-0.4, -0.2) is 24.4 Å². The van der Waals surface area contributed by atoms with E-state index in [1.807, 2.05) is 20.8 Å². The zero-order valence-electron chi connectivity index (χ0n) is 10.9. The minimum Gasteiger partial charge on any atom is -0.384 e. The van der Waals surface area contributed by atoms with Crippen LogP contribution in [0, 0.1) is 0 Å². The van der Waals surface area contributed by atoms with Crippen molar-refractivity contribution in [2.45, 2.75) is 37.3 Å². The zero-order valence-corrected chi connectivity index (χ0v) is 12.5. The van der Waals surface area contributed by atoms with Gasteiger partial charge in [0.15, 0.2) is 9.84 Å². The van der Waals surface area contributed by atoms with Gasteiger partial charge in [0.25, 0.3) is 0 Å². The van der Waals surface area contributed by atoms with Gasteiger partial charge in [-0.15, -0.1) is 11.3 Å². The second kappa shape index (κ2) is 3.96. The van der Waals surface area contributed by atoms with E-state index in [4.69, 9.17) is 5.73 Å². The lowest BCUT2D eigenvalue weighted by Crippen LogP contribution is -2.16. The molecule has 0 aromatic carbocycles. The highest BCUT2D eigenvalue weighted by Crippen LogP contribution is 2.43. The van der Waals surface area contributed by atoms with Gasteiger partial charge >= 0.3 is 0 Å². The van der Waals surface area contributed by atoms with Crippen molar-refractivity contribution in [1.29, 1.82) is 0 Å². The number of H-pyrrole nitrogens is 1. The summed E-state index contributed by atoms with van der Waals surface area (Å²) in [6.45, 7) is 7.59. The van der Waals surface area contributed by atoms with E-state index >= 15 is 0 Å². The highest BCUT2D eigenvalue weighted by Gasteiger charge is 2.31. The number of thiophene rings is 1. The summed E-state index contributed by atoms with van der Waals surface area (Å²) in [5.74, 6) is 0.520. The predicted molar refractivity (Wildman–Crippen MR) is 74.8 cm³/mol. The molecule has 2 heterocycles. The normalized spacial score (nSPS) is 13.3. The van der Waals surface area contributed by atoms with Gasteiger partial charge in [0.2, 0.25) is 0 Å². The molecular weight excluding hydrogens is 270 g/mol. The average molecular weight is 287 g/mol. The van der Waals surface area contributed by atoms with Crippen molar-refractivity contribution < 1.29 is 8.42 Å². The number of hydrogen-bond donors (Lipinski definition) is 2. The molecule has 0 atom stereocenters. The zero-order chi connectivity index (χ0) is 13.7. The van der Waals surface area contributed by atoms with Gasteiger partial charge in [0.1, 0.15) is 14.9 Å². The average Bonchev–Trinajstić information content (AvgIpc) is 2.78. The molecule has 0 spiro atoms. The molecular formula is C11H17N3O2S2. The summed E-state index contributed by atoms with van der Waals surface area (Å²) in [4.78, 5) is 0.657. The van der Waals surface area contributed by atoms with Crippen molar-refractivity contribution in [2.24, 2.45) is 0 Å². The number of sulfone groups is 1. The smallest absolute Gasteiger partial charge is 0.187 e. The first kappa shape index (κ1) is 13.4. The van der Waals surface area contributed by atoms with E-state index in [1.165, 1.54) is 11.3 Å². The molecule has 0 aliphatic rings. The molecule has 0 aliphatic heterocycles. The molecule has 5 nitrogen and oxygen atoms in total. The van der Waals surface area contributed by atoms with Crippen LogP contribution >= 0.6 is 11.3 Å². The van der Waals surface area contributed by atoms with Crippen molar-refractivity contribution >= 4 is 37.2 Å². The topological polar surface area (TPSA) is 88.8 Å². The highest BCUT2D eigenvalue weighted by molar-refractivity contribution is 7.93. The van der Waals surface area contributed by atoms with Gasteiger partial charge in [0.05, 0.1) is 11.1 Å². The Balaban J connectivity index is 2.92. The summed E-state index contributed by atoms with van der Waals surface area (Å²) in [6, 6.07) is 0. The molecule has 18 heavy (non-hydrogen) atoms. The monoisotopic (exact) mass is 287 g/mol. The molecule has 2 rings (SSSR count). The first-order valence-corrected chi connectivity index (χ1v) is 8.15. The van der Waals surface area contributed by atoms with Crippen LogP contribution in [-0.2, 0) is 15.3 Å². The SMILES string of the molecule is CCS(=O)(=O)c1sc2n[nH]c(N)c2c1C(C)(C)C. The van der Waals surface area contributed by atoms with Gasteiger partial charge < -0.3 is 5.73 Å². The number of nitrogens with zero attached hydrogens (tertiary/aromatic N) is 1. The van der Waals surface area contributed by atoms with E-state index in [0.717, 1.165) is 10.9 Å². The molecule has 2 aromatic heterocycles. The fourth-order valence-corrected chi connectivity index (χ4v) is 5.10. The first-order chi connectivity index (χ1) is 8.18. The number of hydrogen-bond acceptors (Lipinski definition) is 5. The lowest BCUT2D eigenvalue weighted by molar-refractivity contribution is 0.572. The fourth-order valence-electron chi connectivity index (χ4n) is 1.93. The van der Waals surface area contributed by atoms with Crippen molar-refractivity contribution in [1.82, 2.24) is 10.2 Å². The number of aromatic amines is 1. The molecule has 7 heteroatoms. The number of anilines is 1. The molecule has 0 fully saturated rings. The van der Waals surface area contributed by atoms with Crippen LogP contribution in [0.4, 0.5) is 5.82 Å². The van der Waals surface area contributed by atoms with Gasteiger partial charge in [-0.05, 0) is 5.41 Å². The maximum atomic E-state index is 12.2. The van der Waals surface area contributed by atoms with E-state index in [1.54, 1.807) is 6.92 Å². The lowest BCUT2D eigenvalue weighted by Gasteiger charge is -2.20. The fraction of sp³-hybridized carbons (Fsp3) is 0.545. The van der Waals surface area contributed by atoms with Gasteiger partial charge in [0, 0.05) is 5.56 Å². The summed E-state index contributed by atoms with van der Waals surface area (Å²) >= 11 is 1.19. The summed E-state index contributed by atoms with van der Waals surface area (Å²) < 4.78 is 24.8. The van der Waals surface area contributed by atoms with Crippen LogP contribution < -0.4 is 5.73 Å². The Labute approximate surface area is 110 Å². The van der Waals surface area contributed by atoms with Gasteiger partial charge in [-0.2, -0.15) is 5.10 Å². The molecule has 3 N–H and O–H groups in total. The standard InChI is InChI=1S/C11H17N3O2S2/c1-5-18(15,16)10-7(11(2,3)4)6-8(12)13-14-9(6)17-10/h5H2,1-4H3,(H3,12,13,14). The molecule has 0 unspecified atom stereocenters. The summed E-state index contributed by atoms with van der Waals surface area (Å²) in [7, 11) is -3.25. The van der Waals surface area contributed by atoms with Crippen LogP contribution in [0.3, 0.4) is 0 Å². The Hall–Kier alpha value is -1.08. The van der Waals surface area contributed by atoms with Crippen molar-refractivity contribution in [3.8, 4) is 0 Å². The molecule has 0 saturated carbocycles. The number of aromatic nitrogens is 2. The third kappa shape index (κ3) is 1.91. The Morgan fingerprint density at radius 2 is 2.00 bits per heavy atom. The lowest BCUT2D eigenvalue weighted by atomic mass is 9.87. The minimum atomic E-state index is -3.25. The van der Waals surface area contributed by atoms with E-state index < -0.39 is 9.84 Å². The third-order valence-corrected chi connectivity index (χ3v) is 6.24. The number of rotatable bonds is 2. The van der Waals surface area contributed by atoms with Crippen LogP contribution in [0.2, 0.25) is 0 Å². The molecule has 0 radical (unpaired) electrons.